The Balaban J connectivity index is 2.54. The van der Waals surface area contributed by atoms with E-state index in [1.54, 1.807) is 24.1 Å². The van der Waals surface area contributed by atoms with Gasteiger partial charge in [-0.15, -0.1) is 0 Å². The van der Waals surface area contributed by atoms with Crippen molar-refractivity contribution in [1.29, 1.82) is 0 Å². The number of nitrogens with one attached hydrogen (secondary N) is 1. The molecule has 5 heteroatoms. The second kappa shape index (κ2) is 8.29. The van der Waals surface area contributed by atoms with Gasteiger partial charge in [0.2, 0.25) is 0 Å². The van der Waals surface area contributed by atoms with Crippen molar-refractivity contribution in [3.05, 3.63) is 35.4 Å². The molecule has 1 rings (SSSR count). The highest BCUT2D eigenvalue weighted by Crippen LogP contribution is 2.10. The van der Waals surface area contributed by atoms with Crippen LogP contribution in [0.4, 0.5) is 4.79 Å². The number of carboxylic acids is 1. The molecule has 0 aliphatic heterocycles. The zero-order valence-electron chi connectivity index (χ0n) is 12.9. The standard InChI is InChI=1S/C16H24N2O3/c1-12(2)8-9-18(3)16(21)17-11-14-7-5-4-6-13(14)10-15(19)20/h4-7,12H,8-11H2,1-3H3,(H,17,21)(H,19,20). The lowest BCUT2D eigenvalue weighted by atomic mass is 10.0. The normalized spacial score (nSPS) is 10.5. The van der Waals surface area contributed by atoms with Gasteiger partial charge in [0.25, 0.3) is 0 Å². The third-order valence-corrected chi connectivity index (χ3v) is 3.28. The van der Waals surface area contributed by atoms with Crippen LogP contribution in [0, 0.1) is 5.92 Å². The average molecular weight is 292 g/mol. The summed E-state index contributed by atoms with van der Waals surface area (Å²) >= 11 is 0. The topological polar surface area (TPSA) is 69.6 Å². The van der Waals surface area contributed by atoms with Gasteiger partial charge in [0.15, 0.2) is 0 Å². The van der Waals surface area contributed by atoms with E-state index in [1.807, 2.05) is 12.1 Å². The Morgan fingerprint density at radius 2 is 1.86 bits per heavy atom. The zero-order chi connectivity index (χ0) is 15.8. The minimum atomic E-state index is -0.872. The van der Waals surface area contributed by atoms with Crippen LogP contribution in [0.2, 0.25) is 0 Å². The monoisotopic (exact) mass is 292 g/mol. The molecule has 21 heavy (non-hydrogen) atoms. The molecule has 0 radical (unpaired) electrons. The number of carbonyl (C=O) groups is 2. The number of nitrogens with zero attached hydrogens (tertiary/aromatic N) is 1. The predicted molar refractivity (Wildman–Crippen MR) is 82.1 cm³/mol. The van der Waals surface area contributed by atoms with Gasteiger partial charge in [0, 0.05) is 20.1 Å². The Kier molecular flexibility index (Phi) is 6.72. The molecule has 0 fully saturated rings. The van der Waals surface area contributed by atoms with Gasteiger partial charge in [0.1, 0.15) is 0 Å². The van der Waals surface area contributed by atoms with E-state index in [-0.39, 0.29) is 12.5 Å². The van der Waals surface area contributed by atoms with Crippen LogP contribution in [0.1, 0.15) is 31.4 Å². The van der Waals surface area contributed by atoms with E-state index in [1.165, 1.54) is 0 Å². The highest BCUT2D eigenvalue weighted by Gasteiger charge is 2.11. The van der Waals surface area contributed by atoms with Crippen molar-refractivity contribution in [3.63, 3.8) is 0 Å². The molecule has 2 N–H and O–H groups in total. The maximum Gasteiger partial charge on any atom is 0.317 e. The fourth-order valence-corrected chi connectivity index (χ4v) is 1.92. The number of carboxylic acid groups (broad SMARTS) is 1. The largest absolute Gasteiger partial charge is 0.481 e. The summed E-state index contributed by atoms with van der Waals surface area (Å²) < 4.78 is 0. The van der Waals surface area contributed by atoms with E-state index in [4.69, 9.17) is 5.11 Å². The van der Waals surface area contributed by atoms with Crippen LogP contribution < -0.4 is 5.32 Å². The molecule has 0 saturated heterocycles. The van der Waals surface area contributed by atoms with Gasteiger partial charge in [-0.1, -0.05) is 38.1 Å². The molecule has 0 bridgehead atoms. The first kappa shape index (κ1) is 17.0. The van der Waals surface area contributed by atoms with Gasteiger partial charge in [0.05, 0.1) is 6.42 Å². The van der Waals surface area contributed by atoms with Crippen LogP contribution in [0.5, 0.6) is 0 Å². The fourth-order valence-electron chi connectivity index (χ4n) is 1.92. The first-order chi connectivity index (χ1) is 9.90. The Hall–Kier alpha value is -2.04. The molecule has 116 valence electrons. The van der Waals surface area contributed by atoms with Crippen LogP contribution in [-0.2, 0) is 17.8 Å². The van der Waals surface area contributed by atoms with Gasteiger partial charge in [-0.3, -0.25) is 4.79 Å². The third kappa shape index (κ3) is 6.29. The Bertz CT molecular complexity index is 486. The van der Waals surface area contributed by atoms with Crippen molar-refractivity contribution in [3.8, 4) is 0 Å². The molecule has 0 unspecified atom stereocenters. The molecule has 0 saturated carbocycles. The molecule has 1 aromatic rings. The van der Waals surface area contributed by atoms with Gasteiger partial charge >= 0.3 is 12.0 Å². The summed E-state index contributed by atoms with van der Waals surface area (Å²) in [5.74, 6) is -0.320. The van der Waals surface area contributed by atoms with E-state index in [9.17, 15) is 9.59 Å². The summed E-state index contributed by atoms with van der Waals surface area (Å²) in [4.78, 5) is 24.4. The minimum Gasteiger partial charge on any atom is -0.481 e. The number of benzene rings is 1. The zero-order valence-corrected chi connectivity index (χ0v) is 12.9. The molecule has 0 aliphatic rings. The highest BCUT2D eigenvalue weighted by atomic mass is 16.4. The highest BCUT2D eigenvalue weighted by molar-refractivity contribution is 5.74. The summed E-state index contributed by atoms with van der Waals surface area (Å²) in [6.07, 6.45) is 0.925. The first-order valence-electron chi connectivity index (χ1n) is 7.17. The number of urea groups is 1. The molecule has 0 aromatic heterocycles. The van der Waals surface area contributed by atoms with E-state index >= 15 is 0 Å². The fraction of sp³-hybridized carbons (Fsp3) is 0.500. The minimum absolute atomic E-state index is 0.0325. The molecule has 0 heterocycles. The van der Waals surface area contributed by atoms with Crippen LogP contribution in [0.25, 0.3) is 0 Å². The maximum atomic E-state index is 12.0. The molecule has 0 aliphatic carbocycles. The molecule has 2 amide bonds. The van der Waals surface area contributed by atoms with E-state index in [0.717, 1.165) is 17.5 Å². The quantitative estimate of drug-likeness (QED) is 0.811. The van der Waals surface area contributed by atoms with Crippen molar-refractivity contribution in [1.82, 2.24) is 10.2 Å². The van der Waals surface area contributed by atoms with Gasteiger partial charge in [-0.05, 0) is 23.5 Å². The molecule has 5 nitrogen and oxygen atoms in total. The van der Waals surface area contributed by atoms with Crippen LogP contribution >= 0.6 is 0 Å². The SMILES string of the molecule is CC(C)CCN(C)C(=O)NCc1ccccc1CC(=O)O. The second-order valence-electron chi connectivity index (χ2n) is 5.60. The van der Waals surface area contributed by atoms with Crippen molar-refractivity contribution in [2.75, 3.05) is 13.6 Å². The lowest BCUT2D eigenvalue weighted by Gasteiger charge is -2.19. The van der Waals surface area contributed by atoms with E-state index in [0.29, 0.717) is 19.0 Å². The van der Waals surface area contributed by atoms with Crippen molar-refractivity contribution in [2.45, 2.75) is 33.2 Å². The van der Waals surface area contributed by atoms with Crippen molar-refractivity contribution in [2.24, 2.45) is 5.92 Å². The average Bonchev–Trinajstić information content (AvgIpc) is 2.42. The summed E-state index contributed by atoms with van der Waals surface area (Å²) in [5, 5.41) is 11.7. The van der Waals surface area contributed by atoms with Crippen molar-refractivity contribution >= 4 is 12.0 Å². The number of amides is 2. The smallest absolute Gasteiger partial charge is 0.317 e. The number of hydrogen-bond donors (Lipinski definition) is 2. The van der Waals surface area contributed by atoms with Gasteiger partial charge in [-0.25, -0.2) is 4.79 Å². The summed E-state index contributed by atoms with van der Waals surface area (Å²) in [7, 11) is 1.76. The Morgan fingerprint density at radius 3 is 2.43 bits per heavy atom. The summed E-state index contributed by atoms with van der Waals surface area (Å²) in [6.45, 7) is 5.29. The first-order valence-corrected chi connectivity index (χ1v) is 7.17. The summed E-state index contributed by atoms with van der Waals surface area (Å²) in [5.41, 5.74) is 1.57. The Morgan fingerprint density at radius 1 is 1.24 bits per heavy atom. The van der Waals surface area contributed by atoms with Crippen LogP contribution in [0.15, 0.2) is 24.3 Å². The van der Waals surface area contributed by atoms with Gasteiger partial charge < -0.3 is 15.3 Å². The van der Waals surface area contributed by atoms with Gasteiger partial charge in [-0.2, -0.15) is 0 Å². The molecular weight excluding hydrogens is 268 g/mol. The molecular formula is C16H24N2O3. The lowest BCUT2D eigenvalue weighted by Crippen LogP contribution is -2.37. The number of aliphatic carboxylic acids is 1. The lowest BCUT2D eigenvalue weighted by molar-refractivity contribution is -0.136. The third-order valence-electron chi connectivity index (χ3n) is 3.28. The number of hydrogen-bond acceptors (Lipinski definition) is 2. The second-order valence-corrected chi connectivity index (χ2v) is 5.60. The van der Waals surface area contributed by atoms with Crippen LogP contribution in [-0.4, -0.2) is 35.6 Å². The molecule has 1 aromatic carbocycles. The molecule has 0 atom stereocenters. The Labute approximate surface area is 126 Å². The number of rotatable bonds is 7. The predicted octanol–water partition coefficient (Wildman–Crippen LogP) is 2.50. The van der Waals surface area contributed by atoms with E-state index in [2.05, 4.69) is 19.2 Å². The summed E-state index contributed by atoms with van der Waals surface area (Å²) in [6, 6.07) is 7.12. The van der Waals surface area contributed by atoms with Crippen LogP contribution in [0.3, 0.4) is 0 Å². The number of carbonyl (C=O) groups excluding carboxylic acids is 1. The van der Waals surface area contributed by atoms with Crippen molar-refractivity contribution < 1.29 is 14.7 Å². The molecule has 0 spiro atoms. The van der Waals surface area contributed by atoms with E-state index < -0.39 is 5.97 Å². The maximum absolute atomic E-state index is 12.0.